The summed E-state index contributed by atoms with van der Waals surface area (Å²) in [6.07, 6.45) is 2.16. The molecule has 5 heteroatoms. The number of nitroso groups, excluding NO2 is 1. The van der Waals surface area contributed by atoms with E-state index in [4.69, 9.17) is 0 Å². The fraction of sp³-hybridized carbons (Fsp3) is 0.273. The van der Waals surface area contributed by atoms with Gasteiger partial charge in [0.05, 0.1) is 22.9 Å². The molecule has 0 radical (unpaired) electrons. The van der Waals surface area contributed by atoms with Crippen LogP contribution in [0.4, 0.5) is 5.69 Å². The van der Waals surface area contributed by atoms with Crippen LogP contribution in [0, 0.1) is 4.91 Å². The molecule has 0 aliphatic heterocycles. The Labute approximate surface area is 91.9 Å². The first-order valence-corrected chi connectivity index (χ1v) is 5.02. The molecule has 1 heterocycles. The van der Waals surface area contributed by atoms with E-state index in [9.17, 15) is 9.70 Å². The Morgan fingerprint density at radius 3 is 2.88 bits per heavy atom. The van der Waals surface area contributed by atoms with Gasteiger partial charge in [-0.2, -0.15) is 0 Å². The topological polar surface area (TPSA) is 75.2 Å². The van der Waals surface area contributed by atoms with Crippen LogP contribution >= 0.6 is 0 Å². The average Bonchev–Trinajstić information content (AvgIpc) is 2.73. The second-order valence-corrected chi connectivity index (χ2v) is 3.56. The first-order chi connectivity index (χ1) is 7.69. The number of Topliss-reactive ketones (excluding diaryl/α,β-unsaturated/α-hetero) is 1. The number of carbonyl (C=O) groups excluding carboxylic acids is 1. The van der Waals surface area contributed by atoms with Gasteiger partial charge in [-0.1, -0.05) is 6.92 Å². The largest absolute Gasteiger partial charge is 0.343 e. The van der Waals surface area contributed by atoms with Crippen LogP contribution in [-0.2, 0) is 6.42 Å². The minimum atomic E-state index is -0.150. The molecule has 0 aliphatic rings. The van der Waals surface area contributed by atoms with Crippen molar-refractivity contribution in [3.05, 3.63) is 28.4 Å². The lowest BCUT2D eigenvalue weighted by atomic mass is 9.99. The van der Waals surface area contributed by atoms with Crippen molar-refractivity contribution in [2.75, 3.05) is 0 Å². The molecule has 1 aromatic heterocycles. The van der Waals surface area contributed by atoms with Crippen LogP contribution in [0.15, 0.2) is 17.6 Å². The Balaban J connectivity index is 2.91. The molecule has 82 valence electrons. The Morgan fingerprint density at radius 2 is 2.31 bits per heavy atom. The smallest absolute Gasteiger partial charge is 0.162 e. The quantitative estimate of drug-likeness (QED) is 0.634. The third kappa shape index (κ3) is 1.41. The number of ketones is 1. The molecule has 1 aromatic carbocycles. The summed E-state index contributed by atoms with van der Waals surface area (Å²) in [4.78, 5) is 29.3. The molecule has 0 spiro atoms. The van der Waals surface area contributed by atoms with E-state index in [1.54, 1.807) is 0 Å². The van der Waals surface area contributed by atoms with Gasteiger partial charge in [0.15, 0.2) is 5.78 Å². The molecule has 0 unspecified atom stereocenters. The zero-order chi connectivity index (χ0) is 11.7. The number of nitrogens with one attached hydrogen (secondary N) is 1. The van der Waals surface area contributed by atoms with Gasteiger partial charge < -0.3 is 4.98 Å². The SMILES string of the molecule is CCc1cc2nc[nH]c2c(N=O)c1C(C)=O. The predicted octanol–water partition coefficient (Wildman–Crippen LogP) is 2.73. The van der Waals surface area contributed by atoms with E-state index in [1.165, 1.54) is 13.3 Å². The fourth-order valence-corrected chi connectivity index (χ4v) is 1.88. The van der Waals surface area contributed by atoms with Gasteiger partial charge in [-0.05, 0) is 30.2 Å². The van der Waals surface area contributed by atoms with Crippen molar-refractivity contribution < 1.29 is 4.79 Å². The summed E-state index contributed by atoms with van der Waals surface area (Å²) in [5.41, 5.74) is 2.56. The van der Waals surface area contributed by atoms with Crippen LogP contribution in [0.3, 0.4) is 0 Å². The molecule has 0 amide bonds. The zero-order valence-corrected chi connectivity index (χ0v) is 9.07. The molecule has 1 N–H and O–H groups in total. The van der Waals surface area contributed by atoms with E-state index in [2.05, 4.69) is 15.1 Å². The second kappa shape index (κ2) is 3.84. The van der Waals surface area contributed by atoms with Crippen LogP contribution in [-0.4, -0.2) is 15.8 Å². The lowest BCUT2D eigenvalue weighted by molar-refractivity contribution is 0.101. The summed E-state index contributed by atoms with van der Waals surface area (Å²) in [5.74, 6) is -0.150. The highest BCUT2D eigenvalue weighted by molar-refractivity contribution is 6.07. The number of nitrogens with zero attached hydrogens (tertiary/aromatic N) is 2. The lowest BCUT2D eigenvalue weighted by Crippen LogP contribution is -2.00. The van der Waals surface area contributed by atoms with Gasteiger partial charge in [0.2, 0.25) is 0 Å². The van der Waals surface area contributed by atoms with E-state index in [0.29, 0.717) is 23.0 Å². The number of benzene rings is 1. The molecule has 5 nitrogen and oxygen atoms in total. The van der Waals surface area contributed by atoms with E-state index >= 15 is 0 Å². The van der Waals surface area contributed by atoms with Gasteiger partial charge in [-0.3, -0.25) is 4.79 Å². The Bertz CT molecular complexity index is 572. The Hall–Kier alpha value is -2.04. The van der Waals surface area contributed by atoms with Crippen molar-refractivity contribution >= 4 is 22.5 Å². The second-order valence-electron chi connectivity index (χ2n) is 3.56. The number of rotatable bonds is 3. The summed E-state index contributed by atoms with van der Waals surface area (Å²) in [6.45, 7) is 3.36. The minimum Gasteiger partial charge on any atom is -0.343 e. The lowest BCUT2D eigenvalue weighted by Gasteiger charge is -2.06. The maximum absolute atomic E-state index is 11.5. The molecule has 2 rings (SSSR count). The first kappa shape index (κ1) is 10.5. The van der Waals surface area contributed by atoms with Gasteiger partial charge >= 0.3 is 0 Å². The number of aromatic nitrogens is 2. The molecule has 0 atom stereocenters. The number of carbonyl (C=O) groups is 1. The van der Waals surface area contributed by atoms with Crippen molar-refractivity contribution in [1.29, 1.82) is 0 Å². The number of H-pyrrole nitrogens is 1. The summed E-state index contributed by atoms with van der Waals surface area (Å²) >= 11 is 0. The van der Waals surface area contributed by atoms with Gasteiger partial charge in [0.1, 0.15) is 5.69 Å². The van der Waals surface area contributed by atoms with Crippen LogP contribution in [0.2, 0.25) is 0 Å². The summed E-state index contributed by atoms with van der Waals surface area (Å²) in [7, 11) is 0. The first-order valence-electron chi connectivity index (χ1n) is 5.02. The number of imidazole rings is 1. The molecule has 0 bridgehead atoms. The molecular weight excluding hydrogens is 206 g/mol. The number of hydrogen-bond donors (Lipinski definition) is 1. The van der Waals surface area contributed by atoms with Gasteiger partial charge in [0, 0.05) is 0 Å². The minimum absolute atomic E-state index is 0.150. The van der Waals surface area contributed by atoms with Crippen LogP contribution in [0.25, 0.3) is 11.0 Å². The van der Waals surface area contributed by atoms with Crippen LogP contribution in [0.5, 0.6) is 0 Å². The molecule has 0 saturated heterocycles. The molecule has 0 fully saturated rings. The van der Waals surface area contributed by atoms with E-state index in [1.807, 2.05) is 13.0 Å². The maximum atomic E-state index is 11.5. The number of aryl methyl sites for hydroxylation is 1. The Morgan fingerprint density at radius 1 is 1.56 bits per heavy atom. The monoisotopic (exact) mass is 217 g/mol. The van der Waals surface area contributed by atoms with Crippen molar-refractivity contribution in [1.82, 2.24) is 9.97 Å². The zero-order valence-electron chi connectivity index (χ0n) is 9.07. The third-order valence-corrected chi connectivity index (χ3v) is 2.60. The highest BCUT2D eigenvalue weighted by atomic mass is 16.3. The maximum Gasteiger partial charge on any atom is 0.162 e. The predicted molar refractivity (Wildman–Crippen MR) is 60.9 cm³/mol. The van der Waals surface area contributed by atoms with Crippen molar-refractivity contribution in [2.45, 2.75) is 20.3 Å². The summed E-state index contributed by atoms with van der Waals surface area (Å²) in [5, 5.41) is 2.96. The molecule has 16 heavy (non-hydrogen) atoms. The molecule has 2 aromatic rings. The van der Waals surface area contributed by atoms with Crippen molar-refractivity contribution in [3.63, 3.8) is 0 Å². The normalized spacial score (nSPS) is 10.6. The van der Waals surface area contributed by atoms with Crippen LogP contribution in [0.1, 0.15) is 29.8 Å². The number of hydrogen-bond acceptors (Lipinski definition) is 4. The summed E-state index contributed by atoms with van der Waals surface area (Å²) < 4.78 is 0. The number of fused-ring (bicyclic) bond motifs is 1. The van der Waals surface area contributed by atoms with Gasteiger partial charge in [-0.15, -0.1) is 4.91 Å². The Kier molecular flexibility index (Phi) is 2.52. The molecule has 0 aliphatic carbocycles. The fourth-order valence-electron chi connectivity index (χ4n) is 1.88. The van der Waals surface area contributed by atoms with Crippen molar-refractivity contribution in [3.8, 4) is 0 Å². The van der Waals surface area contributed by atoms with Crippen LogP contribution < -0.4 is 0 Å². The molecule has 0 saturated carbocycles. The third-order valence-electron chi connectivity index (χ3n) is 2.60. The van der Waals surface area contributed by atoms with E-state index in [0.717, 1.165) is 5.56 Å². The van der Waals surface area contributed by atoms with E-state index in [-0.39, 0.29) is 11.5 Å². The molecular formula is C11H11N3O2. The summed E-state index contributed by atoms with van der Waals surface area (Å²) in [6, 6.07) is 1.82. The number of aromatic amines is 1. The van der Waals surface area contributed by atoms with Crippen molar-refractivity contribution in [2.24, 2.45) is 5.18 Å². The highest BCUT2D eigenvalue weighted by Crippen LogP contribution is 2.31. The highest BCUT2D eigenvalue weighted by Gasteiger charge is 2.18. The van der Waals surface area contributed by atoms with Gasteiger partial charge in [-0.25, -0.2) is 4.98 Å². The standard InChI is InChI=1S/C11H11N3O2/c1-3-7-4-8-10(13-5-12-8)11(14-16)9(7)6(2)15/h4-5H,3H2,1-2H3,(H,12,13). The average molecular weight is 217 g/mol. The van der Waals surface area contributed by atoms with E-state index < -0.39 is 0 Å². The van der Waals surface area contributed by atoms with Gasteiger partial charge in [0.25, 0.3) is 0 Å².